The first-order valence-corrected chi connectivity index (χ1v) is 8.96. The van der Waals surface area contributed by atoms with Crippen LogP contribution in [0.3, 0.4) is 0 Å². The van der Waals surface area contributed by atoms with E-state index >= 15 is 0 Å². The van der Waals surface area contributed by atoms with Gasteiger partial charge in [-0.1, -0.05) is 34.6 Å². The molecule has 0 aromatic rings. The molecule has 0 amide bonds. The maximum atomic E-state index is 3.51. The van der Waals surface area contributed by atoms with Gasteiger partial charge in [0, 0.05) is 12.1 Å². The molecule has 0 spiro atoms. The molecule has 0 radical (unpaired) electrons. The van der Waals surface area contributed by atoms with E-state index in [0.29, 0.717) is 12.1 Å². The van der Waals surface area contributed by atoms with Gasteiger partial charge in [0.1, 0.15) is 0 Å². The van der Waals surface area contributed by atoms with Crippen molar-refractivity contribution >= 4 is 0 Å². The van der Waals surface area contributed by atoms with Gasteiger partial charge >= 0.3 is 0 Å². The molecule has 4 nitrogen and oxygen atoms in total. The van der Waals surface area contributed by atoms with Gasteiger partial charge in [-0.05, 0) is 65.1 Å². The van der Waals surface area contributed by atoms with E-state index in [1.54, 1.807) is 0 Å². The highest BCUT2D eigenvalue weighted by molar-refractivity contribution is 4.63. The van der Waals surface area contributed by atoms with Crippen molar-refractivity contribution < 1.29 is 0 Å². The van der Waals surface area contributed by atoms with Crippen molar-refractivity contribution in [1.82, 2.24) is 20.9 Å². The summed E-state index contributed by atoms with van der Waals surface area (Å²) >= 11 is 0. The molecule has 0 bridgehead atoms. The number of nitrogens with one attached hydrogen (secondary N) is 3. The molecule has 0 saturated heterocycles. The Labute approximate surface area is 133 Å². The highest BCUT2D eigenvalue weighted by Crippen LogP contribution is 1.97. The first kappa shape index (κ1) is 20.8. The zero-order chi connectivity index (χ0) is 15.9. The molecule has 0 unspecified atom stereocenters. The van der Waals surface area contributed by atoms with Crippen LogP contribution in [-0.4, -0.2) is 62.8 Å². The fourth-order valence-electron chi connectivity index (χ4n) is 2.33. The fraction of sp³-hybridized carbons (Fsp3) is 1.00. The molecule has 128 valence electrons. The normalized spacial score (nSPS) is 12.0. The number of hydrogen-bond donors (Lipinski definition) is 3. The molecule has 0 aliphatic carbocycles. The third kappa shape index (κ3) is 16.0. The number of nitrogens with zero attached hydrogens (tertiary/aromatic N) is 1. The smallest absolute Gasteiger partial charge is 0.00103 e. The molecule has 0 saturated carbocycles. The topological polar surface area (TPSA) is 39.3 Å². The minimum Gasteiger partial charge on any atom is -0.317 e. The summed E-state index contributed by atoms with van der Waals surface area (Å²) in [6.45, 7) is 19.2. The standard InChI is InChI=1S/C17H40N4/c1-6-18-10-7-13-21(14-8-11-19-16(2)3)15-9-12-20-17(4)5/h16-20H,6-15H2,1-5H3. The Morgan fingerprint density at radius 2 is 1.14 bits per heavy atom. The van der Waals surface area contributed by atoms with Crippen molar-refractivity contribution in [3.05, 3.63) is 0 Å². The van der Waals surface area contributed by atoms with Gasteiger partial charge in [0.05, 0.1) is 0 Å². The van der Waals surface area contributed by atoms with Crippen LogP contribution in [0.15, 0.2) is 0 Å². The molecule has 0 aliphatic rings. The lowest BCUT2D eigenvalue weighted by molar-refractivity contribution is 0.259. The predicted molar refractivity (Wildman–Crippen MR) is 95.1 cm³/mol. The van der Waals surface area contributed by atoms with E-state index in [2.05, 4.69) is 55.5 Å². The summed E-state index contributed by atoms with van der Waals surface area (Å²) < 4.78 is 0. The van der Waals surface area contributed by atoms with Gasteiger partial charge in [-0.25, -0.2) is 0 Å². The summed E-state index contributed by atoms with van der Waals surface area (Å²) in [5.74, 6) is 0. The second-order valence-corrected chi connectivity index (χ2v) is 6.47. The molecular weight excluding hydrogens is 260 g/mol. The van der Waals surface area contributed by atoms with Gasteiger partial charge in [-0.15, -0.1) is 0 Å². The molecule has 0 fully saturated rings. The van der Waals surface area contributed by atoms with Gasteiger partial charge in [0.25, 0.3) is 0 Å². The third-order valence-corrected chi connectivity index (χ3v) is 3.49. The van der Waals surface area contributed by atoms with Crippen LogP contribution in [0.2, 0.25) is 0 Å². The maximum absolute atomic E-state index is 3.51. The molecule has 0 aromatic heterocycles. The summed E-state index contributed by atoms with van der Waals surface area (Å²) in [5, 5.41) is 10.4. The van der Waals surface area contributed by atoms with Crippen molar-refractivity contribution in [2.45, 2.75) is 66.0 Å². The summed E-state index contributed by atoms with van der Waals surface area (Å²) in [6.07, 6.45) is 3.75. The van der Waals surface area contributed by atoms with E-state index in [0.717, 1.165) is 26.2 Å². The van der Waals surface area contributed by atoms with Crippen LogP contribution in [0, 0.1) is 0 Å². The van der Waals surface area contributed by atoms with Crippen LogP contribution in [0.25, 0.3) is 0 Å². The number of rotatable bonds is 15. The molecule has 0 aromatic carbocycles. The predicted octanol–water partition coefficient (Wildman–Crippen LogP) is 2.06. The van der Waals surface area contributed by atoms with Crippen LogP contribution < -0.4 is 16.0 Å². The molecule has 21 heavy (non-hydrogen) atoms. The highest BCUT2D eigenvalue weighted by atomic mass is 15.1. The maximum Gasteiger partial charge on any atom is 0.00103 e. The van der Waals surface area contributed by atoms with Crippen molar-refractivity contribution in [3.8, 4) is 0 Å². The molecule has 3 N–H and O–H groups in total. The molecule has 0 heterocycles. The summed E-state index contributed by atoms with van der Waals surface area (Å²) in [5.41, 5.74) is 0. The molecule has 0 aliphatic heterocycles. The van der Waals surface area contributed by atoms with Gasteiger partial charge in [0.2, 0.25) is 0 Å². The zero-order valence-corrected chi connectivity index (χ0v) is 15.2. The zero-order valence-electron chi connectivity index (χ0n) is 15.2. The monoisotopic (exact) mass is 300 g/mol. The van der Waals surface area contributed by atoms with Crippen molar-refractivity contribution in [2.24, 2.45) is 0 Å². The average Bonchev–Trinajstić information content (AvgIpc) is 2.42. The van der Waals surface area contributed by atoms with Gasteiger partial charge in [-0.3, -0.25) is 0 Å². The Morgan fingerprint density at radius 3 is 1.52 bits per heavy atom. The Hall–Kier alpha value is -0.160. The Morgan fingerprint density at radius 1 is 0.714 bits per heavy atom. The Bertz CT molecular complexity index is 191. The SMILES string of the molecule is CCNCCCN(CCCNC(C)C)CCCNC(C)C. The second kappa shape index (κ2) is 14.8. The lowest BCUT2D eigenvalue weighted by Gasteiger charge is -2.23. The largest absolute Gasteiger partial charge is 0.317 e. The van der Waals surface area contributed by atoms with Gasteiger partial charge in [-0.2, -0.15) is 0 Å². The molecule has 0 rings (SSSR count). The van der Waals surface area contributed by atoms with E-state index in [1.807, 2.05) is 0 Å². The van der Waals surface area contributed by atoms with Crippen molar-refractivity contribution in [1.29, 1.82) is 0 Å². The van der Waals surface area contributed by atoms with Crippen LogP contribution in [0.1, 0.15) is 53.9 Å². The lowest BCUT2D eigenvalue weighted by atomic mass is 10.2. The van der Waals surface area contributed by atoms with Crippen molar-refractivity contribution in [3.63, 3.8) is 0 Å². The van der Waals surface area contributed by atoms with E-state index in [1.165, 1.54) is 38.9 Å². The second-order valence-electron chi connectivity index (χ2n) is 6.47. The molecule has 4 heteroatoms. The van der Waals surface area contributed by atoms with E-state index in [4.69, 9.17) is 0 Å². The minimum absolute atomic E-state index is 0.599. The highest BCUT2D eigenvalue weighted by Gasteiger charge is 2.05. The lowest BCUT2D eigenvalue weighted by Crippen LogP contribution is -2.34. The van der Waals surface area contributed by atoms with Gasteiger partial charge in [0.15, 0.2) is 0 Å². The Balaban J connectivity index is 3.79. The van der Waals surface area contributed by atoms with Crippen LogP contribution >= 0.6 is 0 Å². The van der Waals surface area contributed by atoms with E-state index < -0.39 is 0 Å². The minimum atomic E-state index is 0.599. The van der Waals surface area contributed by atoms with Gasteiger partial charge < -0.3 is 20.9 Å². The third-order valence-electron chi connectivity index (χ3n) is 3.49. The summed E-state index contributed by atoms with van der Waals surface area (Å²) in [6, 6.07) is 1.20. The van der Waals surface area contributed by atoms with Crippen LogP contribution in [-0.2, 0) is 0 Å². The average molecular weight is 301 g/mol. The summed E-state index contributed by atoms with van der Waals surface area (Å²) in [4.78, 5) is 2.63. The van der Waals surface area contributed by atoms with E-state index in [-0.39, 0.29) is 0 Å². The summed E-state index contributed by atoms with van der Waals surface area (Å²) in [7, 11) is 0. The first-order valence-electron chi connectivity index (χ1n) is 8.96. The van der Waals surface area contributed by atoms with Crippen LogP contribution in [0.5, 0.6) is 0 Å². The van der Waals surface area contributed by atoms with Crippen molar-refractivity contribution in [2.75, 3.05) is 45.8 Å². The Kier molecular flexibility index (Phi) is 14.7. The van der Waals surface area contributed by atoms with Crippen LogP contribution in [0.4, 0.5) is 0 Å². The molecule has 0 atom stereocenters. The fourth-order valence-corrected chi connectivity index (χ4v) is 2.33. The number of hydrogen-bond acceptors (Lipinski definition) is 4. The first-order chi connectivity index (χ1) is 10.1. The quantitative estimate of drug-likeness (QED) is 0.405. The molecular formula is C17H40N4. The van der Waals surface area contributed by atoms with E-state index in [9.17, 15) is 0 Å².